The Hall–Kier alpha value is -2.31. The highest BCUT2D eigenvalue weighted by Gasteiger charge is 2.09. The van der Waals surface area contributed by atoms with Crippen molar-refractivity contribution in [3.05, 3.63) is 47.8 Å². The summed E-state index contributed by atoms with van der Waals surface area (Å²) in [7, 11) is 0. The summed E-state index contributed by atoms with van der Waals surface area (Å²) in [5, 5.41) is 11.0. The Morgan fingerprint density at radius 2 is 1.96 bits per heavy atom. The van der Waals surface area contributed by atoms with Crippen molar-refractivity contribution in [1.29, 1.82) is 0 Å². The van der Waals surface area contributed by atoms with E-state index < -0.39 is 0 Å². The van der Waals surface area contributed by atoms with Crippen LogP contribution in [0.3, 0.4) is 0 Å². The Kier molecular flexibility index (Phi) is 6.30. The molecular weight excluding hydrogens is 362 g/mol. The van der Waals surface area contributed by atoms with Crippen LogP contribution in [0.4, 0.5) is 5.13 Å². The van der Waals surface area contributed by atoms with Gasteiger partial charge in [-0.3, -0.25) is 4.79 Å². The molecule has 0 atom stereocenters. The summed E-state index contributed by atoms with van der Waals surface area (Å²) in [6.07, 6.45) is 3.52. The standard InChI is InChI=1S/C20H21N3OS2/c1-2-3-4-9-18(24)22-19(25)23-20-21-17(13-26-20)16-11-10-14-7-5-6-8-15(14)12-16/h5-8,10-13H,2-4,9H2,1H3,(H2,21,22,23,24,25). The van der Waals surface area contributed by atoms with Gasteiger partial charge >= 0.3 is 0 Å². The van der Waals surface area contributed by atoms with Gasteiger partial charge in [0.2, 0.25) is 5.91 Å². The van der Waals surface area contributed by atoms with Crippen LogP contribution in [-0.2, 0) is 4.79 Å². The zero-order valence-electron chi connectivity index (χ0n) is 14.6. The third kappa shape index (κ3) is 4.86. The maximum Gasteiger partial charge on any atom is 0.226 e. The van der Waals surface area contributed by atoms with E-state index in [1.807, 2.05) is 17.5 Å². The summed E-state index contributed by atoms with van der Waals surface area (Å²) < 4.78 is 0. The van der Waals surface area contributed by atoms with Gasteiger partial charge in [-0.1, -0.05) is 56.2 Å². The number of fused-ring (bicyclic) bond motifs is 1. The first-order chi connectivity index (χ1) is 12.7. The number of benzene rings is 2. The second-order valence-electron chi connectivity index (χ2n) is 6.06. The normalized spacial score (nSPS) is 10.7. The lowest BCUT2D eigenvalue weighted by Crippen LogP contribution is -2.33. The Balaban J connectivity index is 1.62. The molecular formula is C20H21N3OS2. The number of nitrogens with one attached hydrogen (secondary N) is 2. The molecule has 0 spiro atoms. The fourth-order valence-electron chi connectivity index (χ4n) is 2.67. The fourth-order valence-corrected chi connectivity index (χ4v) is 3.66. The second kappa shape index (κ2) is 8.87. The number of aromatic nitrogens is 1. The van der Waals surface area contributed by atoms with E-state index in [-0.39, 0.29) is 5.91 Å². The lowest BCUT2D eigenvalue weighted by molar-refractivity contribution is -0.119. The Morgan fingerprint density at radius 3 is 2.77 bits per heavy atom. The number of unbranched alkanes of at least 4 members (excludes halogenated alkanes) is 2. The lowest BCUT2D eigenvalue weighted by Gasteiger charge is -2.06. The average molecular weight is 384 g/mol. The van der Waals surface area contributed by atoms with Gasteiger partial charge in [-0.05, 0) is 35.5 Å². The molecule has 6 heteroatoms. The molecule has 26 heavy (non-hydrogen) atoms. The first-order valence-electron chi connectivity index (χ1n) is 8.71. The summed E-state index contributed by atoms with van der Waals surface area (Å²) in [6.45, 7) is 2.11. The molecule has 0 aliphatic heterocycles. The van der Waals surface area contributed by atoms with Crippen LogP contribution in [-0.4, -0.2) is 16.0 Å². The zero-order valence-corrected chi connectivity index (χ0v) is 16.3. The lowest BCUT2D eigenvalue weighted by atomic mass is 10.1. The molecule has 2 N–H and O–H groups in total. The van der Waals surface area contributed by atoms with Crippen molar-refractivity contribution in [3.8, 4) is 11.3 Å². The summed E-state index contributed by atoms with van der Waals surface area (Å²) in [6, 6.07) is 14.5. The molecule has 3 rings (SSSR count). The smallest absolute Gasteiger partial charge is 0.226 e. The summed E-state index contributed by atoms with van der Waals surface area (Å²) in [5.41, 5.74) is 1.95. The molecule has 0 saturated carbocycles. The van der Waals surface area contributed by atoms with E-state index in [4.69, 9.17) is 12.2 Å². The summed E-state index contributed by atoms with van der Waals surface area (Å²) in [5.74, 6) is -0.0535. The average Bonchev–Trinajstić information content (AvgIpc) is 3.09. The molecule has 0 fully saturated rings. The maximum atomic E-state index is 11.8. The predicted molar refractivity (Wildman–Crippen MR) is 114 cm³/mol. The molecule has 0 bridgehead atoms. The zero-order chi connectivity index (χ0) is 18.4. The quantitative estimate of drug-likeness (QED) is 0.445. The van der Waals surface area contributed by atoms with Gasteiger partial charge in [0.05, 0.1) is 5.69 Å². The number of carbonyl (C=O) groups is 1. The third-order valence-electron chi connectivity index (χ3n) is 4.03. The van der Waals surface area contributed by atoms with Crippen LogP contribution >= 0.6 is 23.6 Å². The van der Waals surface area contributed by atoms with E-state index in [1.165, 1.54) is 22.1 Å². The van der Waals surface area contributed by atoms with Gasteiger partial charge in [0.15, 0.2) is 10.2 Å². The predicted octanol–water partition coefficient (Wildman–Crippen LogP) is 5.36. The van der Waals surface area contributed by atoms with Gasteiger partial charge in [-0.2, -0.15) is 0 Å². The molecule has 3 aromatic rings. The molecule has 134 valence electrons. The Morgan fingerprint density at radius 1 is 1.15 bits per heavy atom. The number of carbonyl (C=O) groups excluding carboxylic acids is 1. The van der Waals surface area contributed by atoms with Crippen molar-refractivity contribution in [2.45, 2.75) is 32.6 Å². The Bertz CT molecular complexity index is 920. The summed E-state index contributed by atoms with van der Waals surface area (Å²) in [4.78, 5) is 16.4. The molecule has 1 heterocycles. The minimum absolute atomic E-state index is 0.0535. The SMILES string of the molecule is CCCCCC(=O)NC(=S)Nc1nc(-c2ccc3ccccc3c2)cs1. The number of anilines is 1. The van der Waals surface area contributed by atoms with Crippen LogP contribution < -0.4 is 10.6 Å². The van der Waals surface area contributed by atoms with Crippen LogP contribution in [0.2, 0.25) is 0 Å². The highest BCUT2D eigenvalue weighted by atomic mass is 32.1. The first kappa shape index (κ1) is 18.5. The van der Waals surface area contributed by atoms with E-state index in [0.717, 1.165) is 30.5 Å². The number of nitrogens with zero attached hydrogens (tertiary/aromatic N) is 1. The molecule has 0 aliphatic rings. The molecule has 1 aromatic heterocycles. The fraction of sp³-hybridized carbons (Fsp3) is 0.250. The number of amides is 1. The van der Waals surface area contributed by atoms with E-state index in [2.05, 4.69) is 52.9 Å². The highest BCUT2D eigenvalue weighted by Crippen LogP contribution is 2.27. The van der Waals surface area contributed by atoms with E-state index in [1.54, 1.807) is 0 Å². The summed E-state index contributed by atoms with van der Waals surface area (Å²) >= 11 is 6.67. The number of hydrogen-bond donors (Lipinski definition) is 2. The largest absolute Gasteiger partial charge is 0.308 e. The number of thiocarbonyl (C=S) groups is 1. The topological polar surface area (TPSA) is 54.0 Å². The first-order valence-corrected chi connectivity index (χ1v) is 10.00. The molecule has 0 aliphatic carbocycles. The monoisotopic (exact) mass is 383 g/mol. The number of hydrogen-bond acceptors (Lipinski definition) is 4. The van der Waals surface area contributed by atoms with Crippen molar-refractivity contribution in [1.82, 2.24) is 10.3 Å². The minimum atomic E-state index is -0.0535. The van der Waals surface area contributed by atoms with Gasteiger partial charge in [-0.15, -0.1) is 11.3 Å². The van der Waals surface area contributed by atoms with E-state index in [9.17, 15) is 4.79 Å². The minimum Gasteiger partial charge on any atom is -0.308 e. The van der Waals surface area contributed by atoms with Crippen LogP contribution in [0.1, 0.15) is 32.6 Å². The third-order valence-corrected chi connectivity index (χ3v) is 4.99. The molecule has 0 radical (unpaired) electrons. The number of rotatable bonds is 6. The van der Waals surface area contributed by atoms with Crippen molar-refractivity contribution < 1.29 is 4.79 Å². The highest BCUT2D eigenvalue weighted by molar-refractivity contribution is 7.80. The molecule has 2 aromatic carbocycles. The van der Waals surface area contributed by atoms with Crippen molar-refractivity contribution >= 4 is 50.5 Å². The van der Waals surface area contributed by atoms with Crippen LogP contribution in [0, 0.1) is 0 Å². The van der Waals surface area contributed by atoms with Gasteiger partial charge in [0.25, 0.3) is 0 Å². The van der Waals surface area contributed by atoms with Gasteiger partial charge in [0.1, 0.15) is 0 Å². The van der Waals surface area contributed by atoms with Gasteiger partial charge < -0.3 is 10.6 Å². The molecule has 1 amide bonds. The van der Waals surface area contributed by atoms with Crippen molar-refractivity contribution in [3.63, 3.8) is 0 Å². The van der Waals surface area contributed by atoms with Gasteiger partial charge in [0, 0.05) is 17.4 Å². The molecule has 0 saturated heterocycles. The van der Waals surface area contributed by atoms with E-state index >= 15 is 0 Å². The van der Waals surface area contributed by atoms with Crippen molar-refractivity contribution in [2.75, 3.05) is 5.32 Å². The van der Waals surface area contributed by atoms with E-state index in [0.29, 0.717) is 16.7 Å². The number of thiazole rings is 1. The Labute approximate surface area is 162 Å². The second-order valence-corrected chi connectivity index (χ2v) is 7.33. The molecule has 4 nitrogen and oxygen atoms in total. The van der Waals surface area contributed by atoms with Crippen molar-refractivity contribution in [2.24, 2.45) is 0 Å². The van der Waals surface area contributed by atoms with Crippen LogP contribution in [0.15, 0.2) is 47.8 Å². The van der Waals surface area contributed by atoms with Gasteiger partial charge in [-0.25, -0.2) is 4.98 Å². The molecule has 0 unspecified atom stereocenters. The van der Waals surface area contributed by atoms with Crippen LogP contribution in [0.5, 0.6) is 0 Å². The maximum absolute atomic E-state index is 11.8. The van der Waals surface area contributed by atoms with Crippen LogP contribution in [0.25, 0.3) is 22.0 Å².